The minimum Gasteiger partial charge on any atom is -0.369 e. The quantitative estimate of drug-likeness (QED) is 0.217. The zero-order chi connectivity index (χ0) is 28.1. The monoisotopic (exact) mass is 572 g/mol. The molecule has 1 aliphatic rings. The molecule has 40 heavy (non-hydrogen) atoms. The molecule has 2 aromatic carbocycles. The van der Waals surface area contributed by atoms with Crippen LogP contribution in [0.1, 0.15) is 43.3 Å². The number of amides is 1. The second-order valence-electron chi connectivity index (χ2n) is 9.66. The number of carbonyl (C=O) groups is 2. The number of aryl methyl sites for hydroxylation is 1. The summed E-state index contributed by atoms with van der Waals surface area (Å²) in [5, 5.41) is 20.5. The van der Waals surface area contributed by atoms with Crippen LogP contribution >= 0.6 is 22.9 Å². The largest absolute Gasteiger partial charge is 0.369 e. The third kappa shape index (κ3) is 6.10. The number of thiophene rings is 1. The highest BCUT2D eigenvalue weighted by atomic mass is 35.5. The van der Waals surface area contributed by atoms with Gasteiger partial charge in [-0.05, 0) is 55.6 Å². The number of nitrogens with one attached hydrogen (secondary N) is 1. The van der Waals surface area contributed by atoms with Crippen LogP contribution in [0.5, 0.6) is 0 Å². The summed E-state index contributed by atoms with van der Waals surface area (Å²) in [6.45, 7) is 6.43. The van der Waals surface area contributed by atoms with Gasteiger partial charge in [0.2, 0.25) is 5.78 Å². The Bertz CT molecular complexity index is 1520. The number of nitriles is 1. The normalized spacial score (nSPS) is 13.7. The lowest BCUT2D eigenvalue weighted by molar-refractivity contribution is 0.0641. The van der Waals surface area contributed by atoms with Gasteiger partial charge in [-0.3, -0.25) is 14.5 Å². The number of rotatable bonds is 9. The molecule has 0 radical (unpaired) electrons. The van der Waals surface area contributed by atoms with Crippen molar-refractivity contribution in [2.75, 3.05) is 44.6 Å². The smallest absolute Gasteiger partial charge is 0.264 e. The summed E-state index contributed by atoms with van der Waals surface area (Å²) >= 11 is 7.57. The molecule has 1 saturated heterocycles. The Kier molecular flexibility index (Phi) is 8.60. The lowest BCUT2D eigenvalue weighted by Crippen LogP contribution is -2.48. The summed E-state index contributed by atoms with van der Waals surface area (Å²) in [4.78, 5) is 31.0. The van der Waals surface area contributed by atoms with Crippen molar-refractivity contribution < 1.29 is 9.59 Å². The molecule has 1 aliphatic heterocycles. The van der Waals surface area contributed by atoms with Crippen molar-refractivity contribution in [1.82, 2.24) is 19.6 Å². The minimum atomic E-state index is -0.303. The van der Waals surface area contributed by atoms with Gasteiger partial charge in [0.15, 0.2) is 5.69 Å². The molecule has 0 bridgehead atoms. The van der Waals surface area contributed by atoms with Gasteiger partial charge in [0.1, 0.15) is 17.5 Å². The first-order valence-corrected chi connectivity index (χ1v) is 14.4. The Labute approximate surface area is 242 Å². The molecule has 0 spiro atoms. The maximum atomic E-state index is 13.4. The highest BCUT2D eigenvalue weighted by Gasteiger charge is 2.26. The Balaban J connectivity index is 1.27. The van der Waals surface area contributed by atoms with Gasteiger partial charge >= 0.3 is 0 Å². The number of hydrogen-bond acceptors (Lipinski definition) is 7. The topological polar surface area (TPSA) is 94.3 Å². The van der Waals surface area contributed by atoms with Crippen LogP contribution in [0.25, 0.3) is 5.69 Å². The lowest BCUT2D eigenvalue weighted by atomic mass is 10.0. The SMILES string of the molecule is Cc1ccc(C(=O)c2nn(-c3ccc(Cl)cc3)c(NCCCN3CCN(C(=O)c4cccs4)CC3)c2C#N)cc1. The van der Waals surface area contributed by atoms with E-state index >= 15 is 0 Å². The van der Waals surface area contributed by atoms with Crippen LogP contribution in [0.4, 0.5) is 5.82 Å². The summed E-state index contributed by atoms with van der Waals surface area (Å²) in [6.07, 6.45) is 0.816. The molecule has 4 aromatic rings. The van der Waals surface area contributed by atoms with Crippen LogP contribution in [-0.2, 0) is 0 Å². The maximum Gasteiger partial charge on any atom is 0.264 e. The van der Waals surface area contributed by atoms with E-state index in [9.17, 15) is 14.9 Å². The van der Waals surface area contributed by atoms with Crippen molar-refractivity contribution in [3.8, 4) is 11.8 Å². The molecule has 10 heteroatoms. The van der Waals surface area contributed by atoms with Gasteiger partial charge < -0.3 is 10.2 Å². The van der Waals surface area contributed by atoms with Gasteiger partial charge in [0.25, 0.3) is 5.91 Å². The van der Waals surface area contributed by atoms with Crippen LogP contribution < -0.4 is 5.32 Å². The fraction of sp³-hybridized carbons (Fsp3) is 0.267. The number of aromatic nitrogens is 2. The fourth-order valence-corrected chi connectivity index (χ4v) is 5.51. The van der Waals surface area contributed by atoms with Gasteiger partial charge in [0, 0.05) is 43.3 Å². The zero-order valence-electron chi connectivity index (χ0n) is 22.1. The molecule has 3 heterocycles. The zero-order valence-corrected chi connectivity index (χ0v) is 23.7. The first-order valence-electron chi connectivity index (χ1n) is 13.1. The second kappa shape index (κ2) is 12.5. The molecular weight excluding hydrogens is 544 g/mol. The van der Waals surface area contributed by atoms with Gasteiger partial charge in [-0.1, -0.05) is 47.5 Å². The first-order chi connectivity index (χ1) is 19.4. The van der Waals surface area contributed by atoms with Crippen LogP contribution in [-0.4, -0.2) is 70.5 Å². The number of halogens is 1. The molecule has 0 unspecified atom stereocenters. The lowest BCUT2D eigenvalue weighted by Gasteiger charge is -2.34. The number of anilines is 1. The van der Waals surface area contributed by atoms with Crippen LogP contribution in [0.3, 0.4) is 0 Å². The highest BCUT2D eigenvalue weighted by Crippen LogP contribution is 2.26. The molecule has 1 amide bonds. The Morgan fingerprint density at radius 1 is 1.05 bits per heavy atom. The van der Waals surface area contributed by atoms with E-state index in [0.717, 1.165) is 36.5 Å². The molecule has 0 saturated carbocycles. The maximum absolute atomic E-state index is 13.4. The van der Waals surface area contributed by atoms with Crippen LogP contribution in [0.15, 0.2) is 66.0 Å². The molecular formula is C30H29ClN6O2S. The van der Waals surface area contributed by atoms with Gasteiger partial charge in [0.05, 0.1) is 10.6 Å². The molecule has 204 valence electrons. The van der Waals surface area contributed by atoms with E-state index in [4.69, 9.17) is 11.6 Å². The van der Waals surface area contributed by atoms with Gasteiger partial charge in [-0.2, -0.15) is 10.4 Å². The van der Waals surface area contributed by atoms with Crippen molar-refractivity contribution in [2.45, 2.75) is 13.3 Å². The van der Waals surface area contributed by atoms with E-state index in [1.165, 1.54) is 11.3 Å². The van der Waals surface area contributed by atoms with Crippen LogP contribution in [0.2, 0.25) is 5.02 Å². The van der Waals surface area contributed by atoms with Crippen molar-refractivity contribution in [3.05, 3.63) is 98.3 Å². The highest BCUT2D eigenvalue weighted by molar-refractivity contribution is 7.12. The summed E-state index contributed by atoms with van der Waals surface area (Å²) in [5.74, 6) is 0.278. The number of nitrogens with zero attached hydrogens (tertiary/aromatic N) is 5. The third-order valence-electron chi connectivity index (χ3n) is 6.93. The summed E-state index contributed by atoms with van der Waals surface area (Å²) in [6, 6.07) is 20.3. The summed E-state index contributed by atoms with van der Waals surface area (Å²) < 4.78 is 1.60. The van der Waals surface area contributed by atoms with E-state index in [1.54, 1.807) is 41.1 Å². The number of ketones is 1. The van der Waals surface area contributed by atoms with Gasteiger partial charge in [-0.15, -0.1) is 11.3 Å². The van der Waals surface area contributed by atoms with E-state index in [0.29, 0.717) is 41.7 Å². The van der Waals surface area contributed by atoms with E-state index < -0.39 is 0 Å². The number of hydrogen-bond donors (Lipinski definition) is 1. The van der Waals surface area contributed by atoms with Crippen molar-refractivity contribution in [3.63, 3.8) is 0 Å². The summed E-state index contributed by atoms with van der Waals surface area (Å²) in [7, 11) is 0. The molecule has 8 nitrogen and oxygen atoms in total. The summed E-state index contributed by atoms with van der Waals surface area (Å²) in [5.41, 5.74) is 2.53. The number of carbonyl (C=O) groups excluding carboxylic acids is 2. The standard InChI is InChI=1S/C30H29ClN6O2S/c1-21-5-7-22(8-6-21)28(38)27-25(20-32)29(37(34-27)24-11-9-23(31)10-12-24)33-13-3-14-35-15-17-36(18-16-35)30(39)26-4-2-19-40-26/h2,4-12,19,33H,3,13-18H2,1H3. The molecule has 1 fully saturated rings. The van der Waals surface area contributed by atoms with E-state index in [2.05, 4.69) is 21.4 Å². The molecule has 0 atom stereocenters. The number of piperazine rings is 1. The predicted molar refractivity (Wildman–Crippen MR) is 158 cm³/mol. The second-order valence-corrected chi connectivity index (χ2v) is 11.0. The molecule has 1 N–H and O–H groups in total. The Morgan fingerprint density at radius 2 is 1.77 bits per heavy atom. The molecule has 0 aliphatic carbocycles. The van der Waals surface area contributed by atoms with Crippen molar-refractivity contribution in [1.29, 1.82) is 5.26 Å². The van der Waals surface area contributed by atoms with Gasteiger partial charge in [-0.25, -0.2) is 4.68 Å². The first kappa shape index (κ1) is 27.6. The van der Waals surface area contributed by atoms with Crippen molar-refractivity contribution >= 4 is 40.4 Å². The number of benzene rings is 2. The minimum absolute atomic E-state index is 0.104. The molecule has 2 aromatic heterocycles. The Hall–Kier alpha value is -3.97. The van der Waals surface area contributed by atoms with Crippen LogP contribution in [0, 0.1) is 18.3 Å². The average Bonchev–Trinajstić information content (AvgIpc) is 3.64. The fourth-order valence-electron chi connectivity index (χ4n) is 4.70. The van der Waals surface area contributed by atoms with E-state index in [1.807, 2.05) is 41.5 Å². The third-order valence-corrected chi connectivity index (χ3v) is 8.04. The molecule has 5 rings (SSSR count). The average molecular weight is 573 g/mol. The van der Waals surface area contributed by atoms with Crippen molar-refractivity contribution in [2.24, 2.45) is 0 Å². The predicted octanol–water partition coefficient (Wildman–Crippen LogP) is 5.26. The Morgan fingerprint density at radius 3 is 2.42 bits per heavy atom. The van der Waals surface area contributed by atoms with E-state index in [-0.39, 0.29) is 22.9 Å².